The number of methoxy groups -OCH3 is 1. The second kappa shape index (κ2) is 7.57. The van der Waals surface area contributed by atoms with Crippen molar-refractivity contribution in [3.05, 3.63) is 28.7 Å². The number of halogens is 1. The van der Waals surface area contributed by atoms with Gasteiger partial charge in [-0.2, -0.15) is 0 Å². The first-order chi connectivity index (χ1) is 10.4. The van der Waals surface area contributed by atoms with Gasteiger partial charge in [-0.05, 0) is 24.3 Å². The lowest BCUT2D eigenvalue weighted by Gasteiger charge is -2.27. The molecule has 0 radical (unpaired) electrons. The molecule has 1 aliphatic heterocycles. The molecule has 1 aliphatic rings. The third kappa shape index (κ3) is 4.54. The first-order valence-electron chi connectivity index (χ1n) is 7.32. The van der Waals surface area contributed by atoms with Crippen molar-refractivity contribution in [3.8, 4) is 0 Å². The van der Waals surface area contributed by atoms with E-state index in [1.54, 1.807) is 24.3 Å². The van der Waals surface area contributed by atoms with Crippen LogP contribution in [0.1, 0.15) is 12.8 Å². The Labute approximate surface area is 139 Å². The van der Waals surface area contributed by atoms with Crippen LogP contribution in [0.3, 0.4) is 0 Å². The molecule has 0 bridgehead atoms. The highest BCUT2D eigenvalue weighted by molar-refractivity contribution is 9.10. The van der Waals surface area contributed by atoms with Gasteiger partial charge in [0.05, 0.1) is 37.6 Å². The average Bonchev–Trinajstić information content (AvgIpc) is 2.53. The Morgan fingerprint density at radius 1 is 1.27 bits per heavy atom. The van der Waals surface area contributed by atoms with Crippen LogP contribution in [-0.4, -0.2) is 46.9 Å². The van der Waals surface area contributed by atoms with Crippen LogP contribution in [0.2, 0.25) is 0 Å². The van der Waals surface area contributed by atoms with E-state index in [1.165, 1.54) is 12.0 Å². The Morgan fingerprint density at radius 3 is 2.41 bits per heavy atom. The summed E-state index contributed by atoms with van der Waals surface area (Å²) in [5.74, 6) is -0.0503. The van der Waals surface area contributed by atoms with Crippen molar-refractivity contribution in [3.63, 3.8) is 0 Å². The van der Waals surface area contributed by atoms with E-state index in [-0.39, 0.29) is 17.6 Å². The molecule has 1 aromatic carbocycles. The van der Waals surface area contributed by atoms with E-state index in [0.717, 1.165) is 30.4 Å². The van der Waals surface area contributed by atoms with E-state index in [1.807, 2.05) is 0 Å². The van der Waals surface area contributed by atoms with Gasteiger partial charge in [0.1, 0.15) is 5.75 Å². The van der Waals surface area contributed by atoms with Crippen molar-refractivity contribution >= 4 is 31.7 Å². The first-order valence-corrected chi connectivity index (χ1v) is 9.76. The normalized spacial score (nSPS) is 22.3. The van der Waals surface area contributed by atoms with Gasteiger partial charge in [0.15, 0.2) is 9.84 Å². The molecule has 1 heterocycles. The molecule has 122 valence electrons. The van der Waals surface area contributed by atoms with Gasteiger partial charge < -0.3 is 9.64 Å². The summed E-state index contributed by atoms with van der Waals surface area (Å²) in [6.45, 7) is 2.21. The number of carbonyl (C=O) groups is 1. The highest BCUT2D eigenvalue weighted by atomic mass is 79.9. The summed E-state index contributed by atoms with van der Waals surface area (Å²) >= 11 is 3.30. The third-order valence-electron chi connectivity index (χ3n) is 4.12. The predicted octanol–water partition coefficient (Wildman–Crippen LogP) is 0.691. The molecule has 0 aliphatic carbocycles. The molecule has 5 nitrogen and oxygen atoms in total. The number of likely N-dealkylation sites (tertiary alicyclic amines) is 1. The molecule has 7 heteroatoms. The number of piperidine rings is 1. The fourth-order valence-electron chi connectivity index (χ4n) is 2.72. The molecule has 1 N–H and O–H groups in total. The summed E-state index contributed by atoms with van der Waals surface area (Å²) in [6.07, 6.45) is 1.53. The molecule has 0 spiro atoms. The van der Waals surface area contributed by atoms with Crippen molar-refractivity contribution in [1.82, 2.24) is 0 Å². The van der Waals surface area contributed by atoms with Gasteiger partial charge in [0.2, 0.25) is 0 Å². The molecule has 1 aromatic rings. The highest BCUT2D eigenvalue weighted by Crippen LogP contribution is 2.16. The number of hydrogen-bond acceptors (Lipinski definition) is 4. The molecule has 0 amide bonds. The summed E-state index contributed by atoms with van der Waals surface area (Å²) in [5, 5.41) is 0. The van der Waals surface area contributed by atoms with E-state index in [4.69, 9.17) is 4.74 Å². The number of ether oxygens (including phenoxy) is 1. The molecule has 22 heavy (non-hydrogen) atoms. The predicted molar refractivity (Wildman–Crippen MR) is 86.5 cm³/mol. The number of rotatable bonds is 5. The lowest BCUT2D eigenvalue weighted by atomic mass is 9.97. The zero-order valence-corrected chi connectivity index (χ0v) is 15.0. The van der Waals surface area contributed by atoms with Crippen LogP contribution in [0.5, 0.6) is 0 Å². The number of hydrogen-bond donors (Lipinski definition) is 1. The van der Waals surface area contributed by atoms with E-state index in [2.05, 4.69) is 15.9 Å². The van der Waals surface area contributed by atoms with Gasteiger partial charge in [0, 0.05) is 17.3 Å². The van der Waals surface area contributed by atoms with Crippen molar-refractivity contribution in [2.24, 2.45) is 5.92 Å². The monoisotopic (exact) mass is 390 g/mol. The van der Waals surface area contributed by atoms with Crippen LogP contribution < -0.4 is 4.90 Å². The standard InChI is InChI=1S/C15H20BrNO4S/c1-21-15(18)12-6-8-17(9-7-12)10-11-22(19,20)14-4-2-13(16)3-5-14/h2-5,12H,6-11H2,1H3/p+1. The number of sulfone groups is 1. The summed E-state index contributed by atoms with van der Waals surface area (Å²) in [6, 6.07) is 6.72. The average molecular weight is 391 g/mol. The molecule has 0 atom stereocenters. The maximum absolute atomic E-state index is 12.3. The maximum atomic E-state index is 12.3. The van der Waals surface area contributed by atoms with Crippen LogP contribution in [0.25, 0.3) is 0 Å². The summed E-state index contributed by atoms with van der Waals surface area (Å²) < 4.78 is 30.2. The van der Waals surface area contributed by atoms with Crippen LogP contribution >= 0.6 is 15.9 Å². The van der Waals surface area contributed by atoms with Crippen LogP contribution in [-0.2, 0) is 19.4 Å². The largest absolute Gasteiger partial charge is 0.469 e. The van der Waals surface area contributed by atoms with Gasteiger partial charge in [-0.3, -0.25) is 4.79 Å². The number of benzene rings is 1. The molecular weight excluding hydrogens is 370 g/mol. The summed E-state index contributed by atoms with van der Waals surface area (Å²) in [7, 11) is -1.84. The van der Waals surface area contributed by atoms with Gasteiger partial charge >= 0.3 is 5.97 Å². The van der Waals surface area contributed by atoms with Crippen molar-refractivity contribution in [2.75, 3.05) is 32.5 Å². The molecule has 1 saturated heterocycles. The van der Waals surface area contributed by atoms with E-state index < -0.39 is 9.84 Å². The van der Waals surface area contributed by atoms with Crippen LogP contribution in [0.4, 0.5) is 0 Å². The van der Waals surface area contributed by atoms with Crippen LogP contribution in [0, 0.1) is 5.92 Å². The minimum absolute atomic E-state index is 0.0307. The van der Waals surface area contributed by atoms with Crippen molar-refractivity contribution < 1.29 is 22.8 Å². The number of esters is 1. The molecular formula is C15H21BrNO4S+. The fraction of sp³-hybridized carbons (Fsp3) is 0.533. The van der Waals surface area contributed by atoms with Crippen molar-refractivity contribution in [1.29, 1.82) is 0 Å². The Morgan fingerprint density at radius 2 is 1.86 bits per heavy atom. The maximum Gasteiger partial charge on any atom is 0.309 e. The topological polar surface area (TPSA) is 64.9 Å². The van der Waals surface area contributed by atoms with E-state index >= 15 is 0 Å². The second-order valence-electron chi connectivity index (χ2n) is 5.57. The minimum Gasteiger partial charge on any atom is -0.469 e. The second-order valence-corrected chi connectivity index (χ2v) is 8.60. The molecule has 1 fully saturated rings. The van der Waals surface area contributed by atoms with E-state index in [9.17, 15) is 13.2 Å². The van der Waals surface area contributed by atoms with Crippen molar-refractivity contribution in [2.45, 2.75) is 17.7 Å². The Hall–Kier alpha value is -0.920. The van der Waals surface area contributed by atoms with Crippen LogP contribution in [0.15, 0.2) is 33.6 Å². The van der Waals surface area contributed by atoms with Gasteiger partial charge in [-0.1, -0.05) is 15.9 Å². The lowest BCUT2D eigenvalue weighted by Crippen LogP contribution is -3.13. The zero-order valence-electron chi connectivity index (χ0n) is 12.5. The van der Waals surface area contributed by atoms with Gasteiger partial charge in [0.25, 0.3) is 0 Å². The summed E-state index contributed by atoms with van der Waals surface area (Å²) in [4.78, 5) is 13.1. The SMILES string of the molecule is COC(=O)C1CC[NH+](CCS(=O)(=O)c2ccc(Br)cc2)CC1. The number of carbonyl (C=O) groups excluding carboxylic acids is 1. The molecule has 0 unspecified atom stereocenters. The number of nitrogens with one attached hydrogen (secondary N) is 1. The van der Waals surface area contributed by atoms with Gasteiger partial charge in [-0.25, -0.2) is 8.42 Å². The quantitative estimate of drug-likeness (QED) is 0.751. The smallest absolute Gasteiger partial charge is 0.309 e. The molecule has 0 saturated carbocycles. The number of quaternary nitrogens is 1. The summed E-state index contributed by atoms with van der Waals surface area (Å²) in [5.41, 5.74) is 0. The fourth-order valence-corrected chi connectivity index (χ4v) is 4.33. The Kier molecular flexibility index (Phi) is 6.00. The molecule has 2 rings (SSSR count). The lowest BCUT2D eigenvalue weighted by molar-refractivity contribution is -0.903. The third-order valence-corrected chi connectivity index (χ3v) is 6.38. The van der Waals surface area contributed by atoms with Gasteiger partial charge in [-0.15, -0.1) is 0 Å². The highest BCUT2D eigenvalue weighted by Gasteiger charge is 2.28. The Balaban J connectivity index is 1.86. The zero-order chi connectivity index (χ0) is 16.2. The first kappa shape index (κ1) is 17.4. The van der Waals surface area contributed by atoms with E-state index in [0.29, 0.717) is 11.4 Å². The minimum atomic E-state index is -3.24. The Bertz CT molecular complexity index is 607. The molecule has 0 aromatic heterocycles.